The summed E-state index contributed by atoms with van der Waals surface area (Å²) in [7, 11) is 0. The molecule has 1 fully saturated rings. The number of carbonyl (C=O) groups is 1. The molecule has 0 aliphatic carbocycles. The third-order valence-electron chi connectivity index (χ3n) is 3.02. The number of amides is 1. The van der Waals surface area contributed by atoms with E-state index in [1.54, 1.807) is 0 Å². The molecule has 1 atom stereocenters. The summed E-state index contributed by atoms with van der Waals surface area (Å²) in [5.74, 6) is -0.0292. The normalized spacial score (nSPS) is 20.6. The number of nitrogens with zero attached hydrogens (tertiary/aromatic N) is 2. The minimum Gasteiger partial charge on any atom is -0.465 e. The van der Waals surface area contributed by atoms with Gasteiger partial charge in [0.2, 0.25) is 0 Å². The lowest BCUT2D eigenvalue weighted by molar-refractivity contribution is 0.155. The van der Waals surface area contributed by atoms with Crippen molar-refractivity contribution in [3.63, 3.8) is 0 Å². The Morgan fingerprint density at radius 3 is 2.59 bits per heavy atom. The van der Waals surface area contributed by atoms with Gasteiger partial charge in [-0.25, -0.2) is 4.79 Å². The summed E-state index contributed by atoms with van der Waals surface area (Å²) >= 11 is 0. The summed E-state index contributed by atoms with van der Waals surface area (Å²) in [5.41, 5.74) is 1.40. The topological polar surface area (TPSA) is 73.1 Å². The average molecular weight is 234 g/mol. The van der Waals surface area contributed by atoms with Gasteiger partial charge in [-0.2, -0.15) is 0 Å². The number of hydrogen-bond acceptors (Lipinski definition) is 3. The predicted molar refractivity (Wildman–Crippen MR) is 62.5 cm³/mol. The lowest BCUT2D eigenvalue weighted by Crippen LogP contribution is -2.28. The van der Waals surface area contributed by atoms with Gasteiger partial charge in [-0.05, 0) is 12.0 Å². The van der Waals surface area contributed by atoms with Crippen molar-refractivity contribution >= 4 is 11.8 Å². The van der Waals surface area contributed by atoms with E-state index in [1.165, 1.54) is 4.90 Å². The molecule has 1 saturated heterocycles. The zero-order valence-electron chi connectivity index (χ0n) is 9.28. The van der Waals surface area contributed by atoms with Gasteiger partial charge in [0, 0.05) is 19.0 Å². The highest BCUT2D eigenvalue weighted by molar-refractivity contribution is 6.02. The molecule has 5 nitrogen and oxygen atoms in total. The molecule has 0 aromatic heterocycles. The van der Waals surface area contributed by atoms with Crippen LogP contribution in [0.3, 0.4) is 0 Å². The first-order chi connectivity index (χ1) is 8.22. The van der Waals surface area contributed by atoms with Gasteiger partial charge >= 0.3 is 6.09 Å². The first-order valence-corrected chi connectivity index (χ1v) is 5.47. The van der Waals surface area contributed by atoms with Crippen molar-refractivity contribution in [2.45, 2.75) is 6.42 Å². The second kappa shape index (κ2) is 4.86. The van der Waals surface area contributed by atoms with Crippen molar-refractivity contribution in [2.75, 3.05) is 13.1 Å². The highest BCUT2D eigenvalue weighted by atomic mass is 16.4. The van der Waals surface area contributed by atoms with Gasteiger partial charge < -0.3 is 15.2 Å². The summed E-state index contributed by atoms with van der Waals surface area (Å²) in [5, 5.41) is 21.3. The number of carboxylic acid groups (broad SMARTS) is 1. The summed E-state index contributed by atoms with van der Waals surface area (Å²) in [4.78, 5) is 12.2. The maximum absolute atomic E-state index is 10.8. The zero-order valence-corrected chi connectivity index (χ0v) is 9.28. The summed E-state index contributed by atoms with van der Waals surface area (Å²) in [6, 6.07) is 9.34. The SMILES string of the molecule is O=C(O)N1CC[C@@H](C(=NO)c2ccccc2)C1. The molecule has 5 heteroatoms. The van der Waals surface area contributed by atoms with Crippen molar-refractivity contribution in [2.24, 2.45) is 11.1 Å². The van der Waals surface area contributed by atoms with E-state index in [4.69, 9.17) is 10.3 Å². The van der Waals surface area contributed by atoms with Crippen molar-refractivity contribution in [1.29, 1.82) is 0 Å². The second-order valence-electron chi connectivity index (χ2n) is 4.07. The van der Waals surface area contributed by atoms with E-state index in [-0.39, 0.29) is 5.92 Å². The van der Waals surface area contributed by atoms with Crippen LogP contribution in [0, 0.1) is 5.92 Å². The molecule has 17 heavy (non-hydrogen) atoms. The molecule has 1 aliphatic heterocycles. The maximum Gasteiger partial charge on any atom is 0.407 e. The van der Waals surface area contributed by atoms with Gasteiger partial charge in [0.05, 0.1) is 5.71 Å². The van der Waals surface area contributed by atoms with Crippen LogP contribution in [0.5, 0.6) is 0 Å². The summed E-state index contributed by atoms with van der Waals surface area (Å²) < 4.78 is 0. The van der Waals surface area contributed by atoms with Gasteiger partial charge in [-0.1, -0.05) is 35.5 Å². The highest BCUT2D eigenvalue weighted by Gasteiger charge is 2.30. The molecule has 1 aliphatic rings. The summed E-state index contributed by atoms with van der Waals surface area (Å²) in [6.07, 6.45) is -0.224. The molecule has 1 aromatic rings. The first kappa shape index (κ1) is 11.4. The summed E-state index contributed by atoms with van der Waals surface area (Å²) in [6.45, 7) is 0.884. The molecule has 0 unspecified atom stereocenters. The molecule has 1 aromatic carbocycles. The lowest BCUT2D eigenvalue weighted by Gasteiger charge is -2.13. The monoisotopic (exact) mass is 234 g/mol. The Balaban J connectivity index is 2.15. The van der Waals surface area contributed by atoms with E-state index < -0.39 is 6.09 Å². The Labute approximate surface area is 99.0 Å². The van der Waals surface area contributed by atoms with Crippen molar-refractivity contribution in [3.05, 3.63) is 35.9 Å². The number of benzene rings is 1. The van der Waals surface area contributed by atoms with Crippen LogP contribution in [0.25, 0.3) is 0 Å². The Bertz CT molecular complexity index is 431. The largest absolute Gasteiger partial charge is 0.465 e. The van der Waals surface area contributed by atoms with Gasteiger partial charge in [0.15, 0.2) is 0 Å². The Hall–Kier alpha value is -2.04. The predicted octanol–water partition coefficient (Wildman–Crippen LogP) is 1.86. The molecule has 0 spiro atoms. The molecule has 2 rings (SSSR count). The molecular weight excluding hydrogens is 220 g/mol. The molecule has 1 heterocycles. The third kappa shape index (κ3) is 2.38. The maximum atomic E-state index is 10.8. The molecule has 1 amide bonds. The van der Waals surface area contributed by atoms with Crippen LogP contribution in [-0.4, -0.2) is 40.1 Å². The van der Waals surface area contributed by atoms with Crippen LogP contribution >= 0.6 is 0 Å². The quantitative estimate of drug-likeness (QED) is 0.466. The Morgan fingerprint density at radius 1 is 1.35 bits per heavy atom. The van der Waals surface area contributed by atoms with Crippen LogP contribution in [-0.2, 0) is 0 Å². The standard InChI is InChI=1S/C12H14N2O3/c15-12(16)14-7-6-10(8-14)11(13-17)9-4-2-1-3-5-9/h1-5,10,17H,6-8H2,(H,15,16)/t10-/m1/s1. The van der Waals surface area contributed by atoms with E-state index in [1.807, 2.05) is 30.3 Å². The molecule has 90 valence electrons. The molecule has 0 radical (unpaired) electrons. The number of oxime groups is 1. The number of hydrogen-bond donors (Lipinski definition) is 2. The van der Waals surface area contributed by atoms with E-state index in [0.29, 0.717) is 25.2 Å². The Kier molecular flexibility index (Phi) is 3.27. The highest BCUT2D eigenvalue weighted by Crippen LogP contribution is 2.21. The number of rotatable bonds is 2. The molecule has 0 bridgehead atoms. The van der Waals surface area contributed by atoms with E-state index in [2.05, 4.69) is 5.16 Å². The fourth-order valence-corrected chi connectivity index (χ4v) is 2.14. The van der Waals surface area contributed by atoms with E-state index >= 15 is 0 Å². The number of likely N-dealkylation sites (tertiary alicyclic amines) is 1. The average Bonchev–Trinajstić information content (AvgIpc) is 2.81. The Morgan fingerprint density at radius 2 is 2.06 bits per heavy atom. The van der Waals surface area contributed by atoms with Gasteiger partial charge in [-0.3, -0.25) is 0 Å². The zero-order chi connectivity index (χ0) is 12.3. The second-order valence-corrected chi connectivity index (χ2v) is 4.07. The van der Waals surface area contributed by atoms with Gasteiger partial charge in [0.25, 0.3) is 0 Å². The van der Waals surface area contributed by atoms with Gasteiger partial charge in [0.1, 0.15) is 0 Å². The molecule has 2 N–H and O–H groups in total. The first-order valence-electron chi connectivity index (χ1n) is 5.47. The van der Waals surface area contributed by atoms with Crippen LogP contribution in [0.15, 0.2) is 35.5 Å². The van der Waals surface area contributed by atoms with Crippen LogP contribution in [0.2, 0.25) is 0 Å². The van der Waals surface area contributed by atoms with Crippen LogP contribution in [0.4, 0.5) is 4.79 Å². The fourth-order valence-electron chi connectivity index (χ4n) is 2.14. The minimum absolute atomic E-state index is 0.0292. The van der Waals surface area contributed by atoms with Crippen LogP contribution < -0.4 is 0 Å². The van der Waals surface area contributed by atoms with Crippen molar-refractivity contribution < 1.29 is 15.1 Å². The minimum atomic E-state index is -0.919. The fraction of sp³-hybridized carbons (Fsp3) is 0.333. The third-order valence-corrected chi connectivity index (χ3v) is 3.02. The molecular formula is C12H14N2O3. The van der Waals surface area contributed by atoms with Crippen LogP contribution in [0.1, 0.15) is 12.0 Å². The van der Waals surface area contributed by atoms with E-state index in [0.717, 1.165) is 5.56 Å². The van der Waals surface area contributed by atoms with Gasteiger partial charge in [-0.15, -0.1) is 0 Å². The molecule has 0 saturated carbocycles. The smallest absolute Gasteiger partial charge is 0.407 e. The van der Waals surface area contributed by atoms with Crippen molar-refractivity contribution in [1.82, 2.24) is 4.90 Å². The van der Waals surface area contributed by atoms with E-state index in [9.17, 15) is 4.79 Å². The van der Waals surface area contributed by atoms with Crippen molar-refractivity contribution in [3.8, 4) is 0 Å². The lowest BCUT2D eigenvalue weighted by atomic mass is 9.96.